The number of nitrogens with two attached hydrogens (primary N) is 1. The molecule has 0 saturated carbocycles. The SMILES string of the molecule is NCC(CNC(=O)C(F)(F)F)c1ccccc1. The second-order valence-corrected chi connectivity index (χ2v) is 3.55. The van der Waals surface area contributed by atoms with E-state index in [0.29, 0.717) is 0 Å². The maximum atomic E-state index is 12.0. The summed E-state index contributed by atoms with van der Waals surface area (Å²) in [4.78, 5) is 10.6. The van der Waals surface area contributed by atoms with E-state index in [4.69, 9.17) is 5.73 Å². The molecule has 0 spiro atoms. The number of halogens is 3. The summed E-state index contributed by atoms with van der Waals surface area (Å²) in [5, 5.41) is 1.83. The molecule has 1 aromatic rings. The zero-order valence-electron chi connectivity index (χ0n) is 9.00. The average Bonchev–Trinajstić information content (AvgIpc) is 2.29. The van der Waals surface area contributed by atoms with Gasteiger partial charge < -0.3 is 11.1 Å². The summed E-state index contributed by atoms with van der Waals surface area (Å²) in [5.41, 5.74) is 6.27. The summed E-state index contributed by atoms with van der Waals surface area (Å²) in [7, 11) is 0. The summed E-state index contributed by atoms with van der Waals surface area (Å²) in [6.07, 6.45) is -4.85. The molecule has 1 atom stereocenters. The number of rotatable bonds is 4. The van der Waals surface area contributed by atoms with Gasteiger partial charge in [0.15, 0.2) is 0 Å². The van der Waals surface area contributed by atoms with Crippen LogP contribution in [0.25, 0.3) is 0 Å². The van der Waals surface area contributed by atoms with Gasteiger partial charge in [-0.15, -0.1) is 0 Å². The molecule has 0 fully saturated rings. The molecule has 0 aliphatic heterocycles. The Hall–Kier alpha value is -1.56. The number of carbonyl (C=O) groups is 1. The van der Waals surface area contributed by atoms with E-state index in [2.05, 4.69) is 0 Å². The average molecular weight is 246 g/mol. The lowest BCUT2D eigenvalue weighted by molar-refractivity contribution is -0.173. The molecule has 1 aromatic carbocycles. The van der Waals surface area contributed by atoms with Crippen molar-refractivity contribution in [2.24, 2.45) is 5.73 Å². The van der Waals surface area contributed by atoms with Crippen LogP contribution >= 0.6 is 0 Å². The van der Waals surface area contributed by atoms with Crippen molar-refractivity contribution in [2.45, 2.75) is 12.1 Å². The predicted molar refractivity (Wildman–Crippen MR) is 57.3 cm³/mol. The minimum absolute atomic E-state index is 0.126. The molecular weight excluding hydrogens is 233 g/mol. The van der Waals surface area contributed by atoms with Crippen LogP contribution in [0.15, 0.2) is 30.3 Å². The van der Waals surface area contributed by atoms with Crippen LogP contribution in [0.1, 0.15) is 11.5 Å². The fraction of sp³-hybridized carbons (Fsp3) is 0.364. The fourth-order valence-corrected chi connectivity index (χ4v) is 1.38. The minimum Gasteiger partial charge on any atom is -0.348 e. The van der Waals surface area contributed by atoms with E-state index < -0.39 is 12.1 Å². The Bertz CT molecular complexity index is 365. The third-order valence-electron chi connectivity index (χ3n) is 2.32. The van der Waals surface area contributed by atoms with Crippen LogP contribution in [0.3, 0.4) is 0 Å². The highest BCUT2D eigenvalue weighted by atomic mass is 19.4. The zero-order chi connectivity index (χ0) is 12.9. The van der Waals surface area contributed by atoms with Gasteiger partial charge in [-0.3, -0.25) is 4.79 Å². The van der Waals surface area contributed by atoms with Crippen LogP contribution in [0, 0.1) is 0 Å². The molecular formula is C11H13F3N2O. The van der Waals surface area contributed by atoms with Gasteiger partial charge in [0.25, 0.3) is 0 Å². The second-order valence-electron chi connectivity index (χ2n) is 3.55. The number of alkyl halides is 3. The summed E-state index contributed by atoms with van der Waals surface area (Å²) < 4.78 is 35.9. The molecule has 0 heterocycles. The van der Waals surface area contributed by atoms with Crippen LogP contribution < -0.4 is 11.1 Å². The number of carbonyl (C=O) groups excluding carboxylic acids is 1. The van der Waals surface area contributed by atoms with Crippen LogP contribution in [0.5, 0.6) is 0 Å². The van der Waals surface area contributed by atoms with Gasteiger partial charge in [0, 0.05) is 19.0 Å². The first-order valence-electron chi connectivity index (χ1n) is 5.05. The third kappa shape index (κ3) is 4.07. The van der Waals surface area contributed by atoms with Gasteiger partial charge in [0.05, 0.1) is 0 Å². The smallest absolute Gasteiger partial charge is 0.348 e. The Morgan fingerprint density at radius 1 is 1.29 bits per heavy atom. The molecule has 1 unspecified atom stereocenters. The Morgan fingerprint density at radius 2 is 1.88 bits per heavy atom. The molecule has 0 radical (unpaired) electrons. The summed E-state index contributed by atoms with van der Waals surface area (Å²) in [5.74, 6) is -2.26. The van der Waals surface area contributed by atoms with E-state index in [-0.39, 0.29) is 19.0 Å². The van der Waals surface area contributed by atoms with E-state index >= 15 is 0 Å². The monoisotopic (exact) mass is 246 g/mol. The third-order valence-corrected chi connectivity index (χ3v) is 2.32. The van der Waals surface area contributed by atoms with Crippen molar-refractivity contribution in [3.63, 3.8) is 0 Å². The van der Waals surface area contributed by atoms with Crippen molar-refractivity contribution >= 4 is 5.91 Å². The van der Waals surface area contributed by atoms with Crippen LogP contribution in [-0.2, 0) is 4.79 Å². The highest BCUT2D eigenvalue weighted by Gasteiger charge is 2.38. The molecule has 94 valence electrons. The van der Waals surface area contributed by atoms with Crippen LogP contribution in [0.4, 0.5) is 13.2 Å². The van der Waals surface area contributed by atoms with E-state index in [0.717, 1.165) is 5.56 Å². The van der Waals surface area contributed by atoms with Crippen molar-refractivity contribution in [1.82, 2.24) is 5.32 Å². The van der Waals surface area contributed by atoms with Crippen molar-refractivity contribution < 1.29 is 18.0 Å². The Morgan fingerprint density at radius 3 is 2.35 bits per heavy atom. The molecule has 1 rings (SSSR count). The first-order chi connectivity index (χ1) is 7.95. The highest BCUT2D eigenvalue weighted by Crippen LogP contribution is 2.16. The summed E-state index contributed by atoms with van der Waals surface area (Å²) >= 11 is 0. The largest absolute Gasteiger partial charge is 0.471 e. The number of hydrogen-bond acceptors (Lipinski definition) is 2. The molecule has 6 heteroatoms. The van der Waals surface area contributed by atoms with Gasteiger partial charge in [-0.2, -0.15) is 13.2 Å². The lowest BCUT2D eigenvalue weighted by atomic mass is 9.99. The Labute approximate surface area is 96.8 Å². The molecule has 3 nitrogen and oxygen atoms in total. The van der Waals surface area contributed by atoms with Crippen LogP contribution in [0.2, 0.25) is 0 Å². The fourth-order valence-electron chi connectivity index (χ4n) is 1.38. The highest BCUT2D eigenvalue weighted by molar-refractivity contribution is 5.81. The van der Waals surface area contributed by atoms with E-state index in [1.807, 2.05) is 5.32 Å². The topological polar surface area (TPSA) is 55.1 Å². The molecule has 0 aliphatic carbocycles. The number of amides is 1. The van der Waals surface area contributed by atoms with Crippen molar-refractivity contribution in [3.05, 3.63) is 35.9 Å². The first-order valence-corrected chi connectivity index (χ1v) is 5.05. The van der Waals surface area contributed by atoms with Gasteiger partial charge in [0.1, 0.15) is 0 Å². The zero-order valence-corrected chi connectivity index (χ0v) is 9.00. The predicted octanol–water partition coefficient (Wildman–Crippen LogP) is 1.41. The van der Waals surface area contributed by atoms with E-state index in [9.17, 15) is 18.0 Å². The standard InChI is InChI=1S/C11H13F3N2O/c12-11(13,14)10(17)16-7-9(6-15)8-4-2-1-3-5-8/h1-5,9H,6-7,15H2,(H,16,17). The maximum Gasteiger partial charge on any atom is 0.471 e. The quantitative estimate of drug-likeness (QED) is 0.843. The number of nitrogens with one attached hydrogen (secondary N) is 1. The maximum absolute atomic E-state index is 12.0. The van der Waals surface area contributed by atoms with Crippen molar-refractivity contribution in [3.8, 4) is 0 Å². The van der Waals surface area contributed by atoms with E-state index in [1.54, 1.807) is 30.3 Å². The second kappa shape index (κ2) is 5.67. The molecule has 3 N–H and O–H groups in total. The minimum atomic E-state index is -4.85. The summed E-state index contributed by atoms with van der Waals surface area (Å²) in [6, 6.07) is 8.85. The summed E-state index contributed by atoms with van der Waals surface area (Å²) in [6.45, 7) is 0.0427. The molecule has 0 aromatic heterocycles. The lowest BCUT2D eigenvalue weighted by Crippen LogP contribution is -2.40. The van der Waals surface area contributed by atoms with Gasteiger partial charge >= 0.3 is 12.1 Å². The molecule has 1 amide bonds. The molecule has 0 saturated heterocycles. The van der Waals surface area contributed by atoms with Crippen LogP contribution in [-0.4, -0.2) is 25.2 Å². The Kier molecular flexibility index (Phi) is 4.51. The molecule has 0 aliphatic rings. The van der Waals surface area contributed by atoms with Gasteiger partial charge in [0.2, 0.25) is 0 Å². The normalized spacial score (nSPS) is 13.2. The van der Waals surface area contributed by atoms with E-state index in [1.165, 1.54) is 0 Å². The molecule has 0 bridgehead atoms. The number of hydrogen-bond donors (Lipinski definition) is 2. The lowest BCUT2D eigenvalue weighted by Gasteiger charge is -2.16. The number of benzene rings is 1. The Balaban J connectivity index is 2.58. The van der Waals surface area contributed by atoms with Gasteiger partial charge in [-0.1, -0.05) is 30.3 Å². The first kappa shape index (κ1) is 13.5. The van der Waals surface area contributed by atoms with Crippen molar-refractivity contribution in [1.29, 1.82) is 0 Å². The molecule has 17 heavy (non-hydrogen) atoms. The van der Waals surface area contributed by atoms with Gasteiger partial charge in [-0.05, 0) is 5.56 Å². The van der Waals surface area contributed by atoms with Gasteiger partial charge in [-0.25, -0.2) is 0 Å². The van der Waals surface area contributed by atoms with Crippen molar-refractivity contribution in [2.75, 3.05) is 13.1 Å².